The van der Waals surface area contributed by atoms with Crippen molar-refractivity contribution in [3.63, 3.8) is 0 Å². The van der Waals surface area contributed by atoms with Crippen molar-refractivity contribution in [3.05, 3.63) is 57.7 Å². The van der Waals surface area contributed by atoms with Gasteiger partial charge in [0.2, 0.25) is 5.95 Å². The molecule has 9 heteroatoms. The van der Waals surface area contributed by atoms with E-state index in [1.807, 2.05) is 0 Å². The number of thiophene rings is 1. The lowest BCUT2D eigenvalue weighted by Crippen LogP contribution is -2.37. The number of aromatic nitrogens is 4. The van der Waals surface area contributed by atoms with Gasteiger partial charge in [0.1, 0.15) is 5.01 Å². The molecule has 0 amide bonds. The predicted molar refractivity (Wildman–Crippen MR) is 124 cm³/mol. The Balaban J connectivity index is 1.41. The summed E-state index contributed by atoms with van der Waals surface area (Å²) in [7, 11) is 0. The number of benzene rings is 1. The first-order valence-corrected chi connectivity index (χ1v) is 12.5. The van der Waals surface area contributed by atoms with Crippen molar-refractivity contribution in [3.8, 4) is 16.3 Å². The Hall–Kier alpha value is -2.20. The molecule has 0 aliphatic carbocycles. The molecule has 0 atom stereocenters. The van der Waals surface area contributed by atoms with Crippen LogP contribution in [0.2, 0.25) is 0 Å². The monoisotopic (exact) mass is 455 g/mol. The van der Waals surface area contributed by atoms with Gasteiger partial charge in [0, 0.05) is 35.2 Å². The number of thioether (sulfide) groups is 1. The standard InChI is InChI=1S/C21H21N5OS3/c1-15-2-4-18(5-3-15)26-20(25-7-9-27-10-8-25)23-24-21(26)30-14-17-13-29-19(22-17)16-6-11-28-12-16/h2-6,11-13H,7-10,14H2,1H3. The summed E-state index contributed by atoms with van der Waals surface area (Å²) in [4.78, 5) is 7.05. The Morgan fingerprint density at radius 1 is 1.07 bits per heavy atom. The molecule has 4 heterocycles. The Bertz CT molecular complexity index is 1100. The summed E-state index contributed by atoms with van der Waals surface area (Å²) < 4.78 is 7.67. The summed E-state index contributed by atoms with van der Waals surface area (Å²) >= 11 is 5.06. The first kappa shape index (κ1) is 19.7. The van der Waals surface area contributed by atoms with E-state index in [1.54, 1.807) is 34.4 Å². The van der Waals surface area contributed by atoms with Gasteiger partial charge < -0.3 is 9.64 Å². The third-order valence-corrected chi connectivity index (χ3v) is 7.46. The molecule has 0 bridgehead atoms. The smallest absolute Gasteiger partial charge is 0.232 e. The summed E-state index contributed by atoms with van der Waals surface area (Å²) in [5.41, 5.74) is 4.57. The number of morpholine rings is 1. The number of aryl methyl sites for hydroxylation is 1. The highest BCUT2D eigenvalue weighted by Gasteiger charge is 2.22. The number of nitrogens with zero attached hydrogens (tertiary/aromatic N) is 5. The molecule has 1 saturated heterocycles. The Morgan fingerprint density at radius 3 is 2.67 bits per heavy atom. The average molecular weight is 456 g/mol. The largest absolute Gasteiger partial charge is 0.378 e. The van der Waals surface area contributed by atoms with Crippen LogP contribution in [0.5, 0.6) is 0 Å². The van der Waals surface area contributed by atoms with Crippen molar-refractivity contribution in [2.45, 2.75) is 17.8 Å². The second-order valence-corrected chi connectivity index (χ2v) is 9.58. The van der Waals surface area contributed by atoms with E-state index in [0.717, 1.165) is 46.3 Å². The number of rotatable bonds is 6. The van der Waals surface area contributed by atoms with Crippen LogP contribution < -0.4 is 4.90 Å². The second-order valence-electron chi connectivity index (χ2n) is 7.00. The van der Waals surface area contributed by atoms with E-state index in [1.165, 1.54) is 11.1 Å². The zero-order chi connectivity index (χ0) is 20.3. The molecule has 0 N–H and O–H groups in total. The Kier molecular flexibility index (Phi) is 5.85. The first-order chi connectivity index (χ1) is 14.8. The number of hydrogen-bond acceptors (Lipinski definition) is 8. The van der Waals surface area contributed by atoms with Crippen molar-refractivity contribution in [2.75, 3.05) is 31.2 Å². The molecule has 4 aromatic rings. The van der Waals surface area contributed by atoms with Crippen LogP contribution in [0.25, 0.3) is 16.3 Å². The number of hydrogen-bond donors (Lipinski definition) is 0. The maximum atomic E-state index is 5.52. The molecule has 3 aromatic heterocycles. The van der Waals surface area contributed by atoms with E-state index in [9.17, 15) is 0 Å². The van der Waals surface area contributed by atoms with Crippen LogP contribution >= 0.6 is 34.4 Å². The highest BCUT2D eigenvalue weighted by molar-refractivity contribution is 7.98. The van der Waals surface area contributed by atoms with Gasteiger partial charge in [-0.15, -0.1) is 21.5 Å². The summed E-state index contributed by atoms with van der Waals surface area (Å²) in [6.07, 6.45) is 0. The summed E-state index contributed by atoms with van der Waals surface area (Å²) in [6, 6.07) is 10.6. The molecule has 0 radical (unpaired) electrons. The van der Waals surface area contributed by atoms with E-state index in [4.69, 9.17) is 9.72 Å². The van der Waals surface area contributed by atoms with Gasteiger partial charge in [-0.3, -0.25) is 4.57 Å². The van der Waals surface area contributed by atoms with Crippen LogP contribution in [0.1, 0.15) is 11.3 Å². The molecule has 5 rings (SSSR count). The van der Waals surface area contributed by atoms with Crippen molar-refractivity contribution in [1.82, 2.24) is 19.7 Å². The van der Waals surface area contributed by atoms with Crippen LogP contribution in [0, 0.1) is 6.92 Å². The van der Waals surface area contributed by atoms with Gasteiger partial charge in [0.15, 0.2) is 5.16 Å². The van der Waals surface area contributed by atoms with Crippen LogP contribution in [0.3, 0.4) is 0 Å². The minimum absolute atomic E-state index is 0.716. The van der Waals surface area contributed by atoms with Crippen molar-refractivity contribution in [1.29, 1.82) is 0 Å². The summed E-state index contributed by atoms with van der Waals surface area (Å²) in [5, 5.41) is 17.4. The predicted octanol–water partition coefficient (Wildman–Crippen LogP) is 4.89. The molecule has 154 valence electrons. The van der Waals surface area contributed by atoms with Crippen LogP contribution in [0.4, 0.5) is 5.95 Å². The van der Waals surface area contributed by atoms with Crippen LogP contribution in [0.15, 0.2) is 51.6 Å². The number of ether oxygens (including phenoxy) is 1. The van der Waals surface area contributed by atoms with Gasteiger partial charge in [-0.25, -0.2) is 4.98 Å². The van der Waals surface area contributed by atoms with E-state index in [-0.39, 0.29) is 0 Å². The van der Waals surface area contributed by atoms with Gasteiger partial charge in [-0.1, -0.05) is 29.5 Å². The average Bonchev–Trinajstić information content (AvgIpc) is 3.53. The summed E-state index contributed by atoms with van der Waals surface area (Å²) in [5.74, 6) is 1.63. The topological polar surface area (TPSA) is 56.1 Å². The normalized spacial score (nSPS) is 14.4. The van der Waals surface area contributed by atoms with Crippen molar-refractivity contribution < 1.29 is 4.74 Å². The van der Waals surface area contributed by atoms with Gasteiger partial charge in [0.05, 0.1) is 24.6 Å². The molecule has 30 heavy (non-hydrogen) atoms. The van der Waals surface area contributed by atoms with E-state index in [2.05, 4.69) is 73.1 Å². The minimum Gasteiger partial charge on any atom is -0.378 e. The van der Waals surface area contributed by atoms with Crippen molar-refractivity contribution in [2.24, 2.45) is 0 Å². The number of anilines is 1. The molecule has 6 nitrogen and oxygen atoms in total. The highest BCUT2D eigenvalue weighted by atomic mass is 32.2. The lowest BCUT2D eigenvalue weighted by molar-refractivity contribution is 0.122. The van der Waals surface area contributed by atoms with Gasteiger partial charge >= 0.3 is 0 Å². The molecular formula is C21H21N5OS3. The van der Waals surface area contributed by atoms with Gasteiger partial charge in [-0.2, -0.15) is 11.3 Å². The third-order valence-electron chi connectivity index (χ3n) is 4.87. The molecule has 1 aliphatic rings. The lowest BCUT2D eigenvalue weighted by Gasteiger charge is -2.27. The fourth-order valence-electron chi connectivity index (χ4n) is 3.27. The lowest BCUT2D eigenvalue weighted by atomic mass is 10.2. The quantitative estimate of drug-likeness (QED) is 0.386. The minimum atomic E-state index is 0.716. The van der Waals surface area contributed by atoms with E-state index in [0.29, 0.717) is 13.2 Å². The fraction of sp³-hybridized carbons (Fsp3) is 0.286. The second kappa shape index (κ2) is 8.89. The summed E-state index contributed by atoms with van der Waals surface area (Å²) in [6.45, 7) is 5.18. The first-order valence-electron chi connectivity index (χ1n) is 9.73. The zero-order valence-corrected chi connectivity index (χ0v) is 19.0. The molecular weight excluding hydrogens is 434 g/mol. The molecule has 0 saturated carbocycles. The zero-order valence-electron chi connectivity index (χ0n) is 16.5. The van der Waals surface area contributed by atoms with Crippen molar-refractivity contribution >= 4 is 40.4 Å². The third kappa shape index (κ3) is 4.15. The highest BCUT2D eigenvalue weighted by Crippen LogP contribution is 2.31. The van der Waals surface area contributed by atoms with Gasteiger partial charge in [-0.05, 0) is 30.5 Å². The Labute approximate surface area is 187 Å². The number of thiazole rings is 1. The van der Waals surface area contributed by atoms with Gasteiger partial charge in [0.25, 0.3) is 0 Å². The molecule has 1 fully saturated rings. The fourth-order valence-corrected chi connectivity index (χ4v) is 5.75. The Morgan fingerprint density at radius 2 is 1.90 bits per heavy atom. The van der Waals surface area contributed by atoms with Crippen LogP contribution in [-0.2, 0) is 10.5 Å². The van der Waals surface area contributed by atoms with Crippen LogP contribution in [-0.4, -0.2) is 46.1 Å². The molecule has 0 spiro atoms. The maximum absolute atomic E-state index is 5.52. The maximum Gasteiger partial charge on any atom is 0.232 e. The molecule has 1 aromatic carbocycles. The molecule has 1 aliphatic heterocycles. The molecule has 0 unspecified atom stereocenters. The SMILES string of the molecule is Cc1ccc(-n2c(SCc3csc(-c4ccsc4)n3)nnc2N2CCOCC2)cc1. The van der Waals surface area contributed by atoms with E-state index >= 15 is 0 Å². The van der Waals surface area contributed by atoms with E-state index < -0.39 is 0 Å².